The Morgan fingerprint density at radius 3 is 2.48 bits per heavy atom. The van der Waals surface area contributed by atoms with Gasteiger partial charge in [-0.05, 0) is 49.8 Å². The number of nitrogens with zero attached hydrogens (tertiary/aromatic N) is 3. The third-order valence-corrected chi connectivity index (χ3v) is 4.60. The summed E-state index contributed by atoms with van der Waals surface area (Å²) in [7, 11) is 5.40. The fraction of sp³-hybridized carbons (Fsp3) is 0.350. The van der Waals surface area contributed by atoms with Gasteiger partial charge >= 0.3 is 0 Å². The SMILES string of the molecule is COc1ccc(C2=CC(C)N(Cc3ccc(C)nc3)N2C)cc1OC. The lowest BCUT2D eigenvalue weighted by molar-refractivity contribution is 0.0456. The molecule has 25 heavy (non-hydrogen) atoms. The molecule has 2 aromatic rings. The van der Waals surface area contributed by atoms with Gasteiger partial charge in [0.15, 0.2) is 11.5 Å². The molecule has 132 valence electrons. The van der Waals surface area contributed by atoms with Crippen LogP contribution in [-0.2, 0) is 6.54 Å². The second-order valence-electron chi connectivity index (χ2n) is 6.29. The van der Waals surface area contributed by atoms with Crippen LogP contribution >= 0.6 is 0 Å². The van der Waals surface area contributed by atoms with Crippen molar-refractivity contribution >= 4 is 5.70 Å². The van der Waals surface area contributed by atoms with Gasteiger partial charge in [-0.3, -0.25) is 4.98 Å². The molecule has 1 unspecified atom stereocenters. The lowest BCUT2D eigenvalue weighted by Crippen LogP contribution is -2.37. The van der Waals surface area contributed by atoms with Crippen LogP contribution in [0, 0.1) is 6.92 Å². The van der Waals surface area contributed by atoms with E-state index in [1.807, 2.05) is 25.3 Å². The van der Waals surface area contributed by atoms with Gasteiger partial charge in [0.25, 0.3) is 0 Å². The van der Waals surface area contributed by atoms with E-state index in [1.54, 1.807) is 14.2 Å². The van der Waals surface area contributed by atoms with Gasteiger partial charge in [-0.1, -0.05) is 6.07 Å². The maximum Gasteiger partial charge on any atom is 0.161 e. The Balaban J connectivity index is 1.82. The Kier molecular flexibility index (Phi) is 4.95. The molecule has 1 aliphatic rings. The van der Waals surface area contributed by atoms with Gasteiger partial charge in [0.1, 0.15) is 0 Å². The zero-order chi connectivity index (χ0) is 18.0. The number of methoxy groups -OCH3 is 2. The summed E-state index contributed by atoms with van der Waals surface area (Å²) in [4.78, 5) is 4.40. The van der Waals surface area contributed by atoms with Crippen LogP contribution in [-0.4, -0.2) is 42.3 Å². The number of rotatable bonds is 5. The van der Waals surface area contributed by atoms with E-state index in [9.17, 15) is 0 Å². The smallest absolute Gasteiger partial charge is 0.161 e. The predicted octanol–water partition coefficient (Wildman–Crippen LogP) is 3.50. The van der Waals surface area contributed by atoms with E-state index in [4.69, 9.17) is 9.47 Å². The molecule has 0 bridgehead atoms. The first-order chi connectivity index (χ1) is 12.0. The average Bonchev–Trinajstić information content (AvgIpc) is 2.91. The lowest BCUT2D eigenvalue weighted by atomic mass is 10.1. The van der Waals surface area contributed by atoms with Crippen LogP contribution < -0.4 is 9.47 Å². The molecular weight excluding hydrogens is 314 g/mol. The first kappa shape index (κ1) is 17.3. The molecule has 5 nitrogen and oxygen atoms in total. The van der Waals surface area contributed by atoms with Gasteiger partial charge in [-0.2, -0.15) is 0 Å². The summed E-state index contributed by atoms with van der Waals surface area (Å²) >= 11 is 0. The zero-order valence-corrected chi connectivity index (χ0v) is 15.5. The van der Waals surface area contributed by atoms with Crippen LogP contribution in [0.2, 0.25) is 0 Å². The summed E-state index contributed by atoms with van der Waals surface area (Å²) in [5.41, 5.74) is 4.51. The summed E-state index contributed by atoms with van der Waals surface area (Å²) in [6.45, 7) is 5.02. The minimum atomic E-state index is 0.300. The monoisotopic (exact) mass is 339 g/mol. The minimum absolute atomic E-state index is 0.300. The molecule has 0 N–H and O–H groups in total. The zero-order valence-electron chi connectivity index (χ0n) is 15.5. The molecule has 0 fully saturated rings. The first-order valence-electron chi connectivity index (χ1n) is 8.39. The lowest BCUT2D eigenvalue weighted by Gasteiger charge is -2.31. The van der Waals surface area contributed by atoms with Crippen molar-refractivity contribution in [3.8, 4) is 11.5 Å². The van der Waals surface area contributed by atoms with E-state index >= 15 is 0 Å². The highest BCUT2D eigenvalue weighted by molar-refractivity contribution is 5.68. The standard InChI is InChI=1S/C20H25N3O2/c1-14-6-7-16(12-21-14)13-23-15(2)10-18(22(23)3)17-8-9-19(24-4)20(11-17)25-5/h6-12,15H,13H2,1-5H3. The number of hydrogen-bond donors (Lipinski definition) is 0. The summed E-state index contributed by atoms with van der Waals surface area (Å²) in [6, 6.07) is 10.5. The Bertz CT molecular complexity index is 771. The second-order valence-corrected chi connectivity index (χ2v) is 6.29. The quantitative estimate of drug-likeness (QED) is 0.833. The predicted molar refractivity (Wildman–Crippen MR) is 99.3 cm³/mol. The van der Waals surface area contributed by atoms with E-state index in [-0.39, 0.29) is 0 Å². The fourth-order valence-corrected chi connectivity index (χ4v) is 3.14. The Morgan fingerprint density at radius 1 is 1.08 bits per heavy atom. The van der Waals surface area contributed by atoms with E-state index in [2.05, 4.69) is 53.2 Å². The van der Waals surface area contributed by atoms with Crippen molar-refractivity contribution in [1.29, 1.82) is 0 Å². The number of hydrogen-bond acceptors (Lipinski definition) is 5. The Hall–Kier alpha value is -2.53. The molecule has 2 heterocycles. The maximum atomic E-state index is 5.44. The minimum Gasteiger partial charge on any atom is -0.493 e. The Labute approximate surface area is 149 Å². The summed E-state index contributed by atoms with van der Waals surface area (Å²) in [6.07, 6.45) is 4.22. The summed E-state index contributed by atoms with van der Waals surface area (Å²) in [5.74, 6) is 1.48. The molecule has 0 amide bonds. The highest BCUT2D eigenvalue weighted by Crippen LogP contribution is 2.35. The number of aryl methyl sites for hydroxylation is 1. The van der Waals surface area contributed by atoms with Gasteiger partial charge in [-0.15, -0.1) is 0 Å². The van der Waals surface area contributed by atoms with Crippen molar-refractivity contribution in [2.24, 2.45) is 0 Å². The molecule has 0 spiro atoms. The first-order valence-corrected chi connectivity index (χ1v) is 8.39. The molecule has 5 heteroatoms. The molecule has 0 aliphatic carbocycles. The highest BCUT2D eigenvalue weighted by atomic mass is 16.5. The average molecular weight is 339 g/mol. The van der Waals surface area contributed by atoms with Crippen molar-refractivity contribution < 1.29 is 9.47 Å². The van der Waals surface area contributed by atoms with Crippen molar-refractivity contribution in [1.82, 2.24) is 15.0 Å². The number of hydrazine groups is 1. The third kappa shape index (κ3) is 3.46. The second kappa shape index (κ2) is 7.15. The molecule has 0 saturated heterocycles. The van der Waals surface area contributed by atoms with Gasteiger partial charge in [0, 0.05) is 37.1 Å². The van der Waals surface area contributed by atoms with E-state index in [0.29, 0.717) is 6.04 Å². The van der Waals surface area contributed by atoms with Crippen LogP contribution in [0.3, 0.4) is 0 Å². The number of pyridine rings is 1. The van der Waals surface area contributed by atoms with Crippen LogP contribution in [0.4, 0.5) is 0 Å². The fourth-order valence-electron chi connectivity index (χ4n) is 3.14. The molecule has 1 atom stereocenters. The summed E-state index contributed by atoms with van der Waals surface area (Å²) in [5, 5.41) is 4.52. The topological polar surface area (TPSA) is 37.8 Å². The van der Waals surface area contributed by atoms with Crippen molar-refractivity contribution in [2.45, 2.75) is 26.4 Å². The van der Waals surface area contributed by atoms with Gasteiger partial charge in [-0.25, -0.2) is 5.01 Å². The number of ether oxygens (including phenoxy) is 2. The van der Waals surface area contributed by atoms with Gasteiger partial charge < -0.3 is 14.5 Å². The van der Waals surface area contributed by atoms with Crippen LogP contribution in [0.1, 0.15) is 23.7 Å². The van der Waals surface area contributed by atoms with Crippen molar-refractivity contribution in [2.75, 3.05) is 21.3 Å². The van der Waals surface area contributed by atoms with E-state index < -0.39 is 0 Å². The normalized spacial score (nSPS) is 17.6. The van der Waals surface area contributed by atoms with Gasteiger partial charge in [0.2, 0.25) is 0 Å². The molecule has 0 radical (unpaired) electrons. The van der Waals surface area contributed by atoms with Crippen LogP contribution in [0.25, 0.3) is 5.70 Å². The highest BCUT2D eigenvalue weighted by Gasteiger charge is 2.28. The molecule has 3 rings (SSSR count). The molecule has 1 aliphatic heterocycles. The van der Waals surface area contributed by atoms with E-state index in [0.717, 1.165) is 35.0 Å². The molecular formula is C20H25N3O2. The maximum absolute atomic E-state index is 5.44. The number of aromatic nitrogens is 1. The third-order valence-electron chi connectivity index (χ3n) is 4.60. The largest absolute Gasteiger partial charge is 0.493 e. The van der Waals surface area contributed by atoms with Gasteiger partial charge in [0.05, 0.1) is 19.9 Å². The van der Waals surface area contributed by atoms with Crippen LogP contribution in [0.15, 0.2) is 42.6 Å². The molecule has 0 saturated carbocycles. The van der Waals surface area contributed by atoms with Crippen molar-refractivity contribution in [3.05, 3.63) is 59.4 Å². The number of benzene rings is 1. The Morgan fingerprint density at radius 2 is 1.84 bits per heavy atom. The molecule has 1 aromatic carbocycles. The van der Waals surface area contributed by atoms with Crippen LogP contribution in [0.5, 0.6) is 11.5 Å². The molecule has 1 aromatic heterocycles. The van der Waals surface area contributed by atoms with Crippen molar-refractivity contribution in [3.63, 3.8) is 0 Å². The summed E-state index contributed by atoms with van der Waals surface area (Å²) < 4.78 is 10.8. The van der Waals surface area contributed by atoms with E-state index in [1.165, 1.54) is 5.56 Å².